The third-order valence-electron chi connectivity index (χ3n) is 0.784. The highest BCUT2D eigenvalue weighted by Crippen LogP contribution is 2.04. The van der Waals surface area contributed by atoms with Gasteiger partial charge in [-0.2, -0.15) is 0 Å². The second kappa shape index (κ2) is 3.31. The van der Waals surface area contributed by atoms with E-state index in [0.29, 0.717) is 0 Å². The predicted molar refractivity (Wildman–Crippen MR) is 35.6 cm³/mol. The molecular formula is C5H8Cl2O. The summed E-state index contributed by atoms with van der Waals surface area (Å²) in [5.74, 6) is -0.117. The van der Waals surface area contributed by atoms with Gasteiger partial charge in [-0.25, -0.2) is 0 Å². The molecule has 0 saturated carbocycles. The van der Waals surface area contributed by atoms with E-state index in [-0.39, 0.29) is 5.78 Å². The van der Waals surface area contributed by atoms with Gasteiger partial charge < -0.3 is 0 Å². The van der Waals surface area contributed by atoms with Gasteiger partial charge in [0.1, 0.15) is 0 Å². The fourth-order valence-corrected chi connectivity index (χ4v) is 0.759. The molecule has 2 atom stereocenters. The van der Waals surface area contributed by atoms with Crippen molar-refractivity contribution in [2.24, 2.45) is 0 Å². The first-order valence-electron chi connectivity index (χ1n) is 2.37. The number of hydrogen-bond donors (Lipinski definition) is 0. The van der Waals surface area contributed by atoms with Gasteiger partial charge in [0.05, 0.1) is 10.8 Å². The van der Waals surface area contributed by atoms with Crippen LogP contribution in [0.1, 0.15) is 13.8 Å². The number of halogens is 2. The molecule has 0 bridgehead atoms. The van der Waals surface area contributed by atoms with Gasteiger partial charge in [0.2, 0.25) is 0 Å². The second-order valence-electron chi connectivity index (χ2n) is 1.63. The van der Waals surface area contributed by atoms with Crippen molar-refractivity contribution in [3.63, 3.8) is 0 Å². The molecule has 0 unspecified atom stereocenters. The maximum atomic E-state index is 10.6. The van der Waals surface area contributed by atoms with Crippen LogP contribution in [0.25, 0.3) is 0 Å². The molecule has 3 heteroatoms. The van der Waals surface area contributed by atoms with Gasteiger partial charge in [0.25, 0.3) is 0 Å². The number of Topliss-reactive ketones (excluding diaryl/α,β-unsaturated/α-hetero) is 1. The SMILES string of the molecule is C[C@H](Cl)C(=O)[C@H](C)Cl. The van der Waals surface area contributed by atoms with E-state index < -0.39 is 10.8 Å². The monoisotopic (exact) mass is 154 g/mol. The van der Waals surface area contributed by atoms with Crippen LogP contribution in [0, 0.1) is 0 Å². The minimum atomic E-state index is -0.456. The summed E-state index contributed by atoms with van der Waals surface area (Å²) in [5, 5.41) is -0.912. The van der Waals surface area contributed by atoms with E-state index in [1.165, 1.54) is 0 Å². The number of rotatable bonds is 2. The first-order chi connectivity index (χ1) is 3.55. The average Bonchev–Trinajstić information content (AvgIpc) is 1.64. The Morgan fingerprint density at radius 1 is 1.25 bits per heavy atom. The lowest BCUT2D eigenvalue weighted by atomic mass is 10.2. The Morgan fingerprint density at radius 2 is 1.50 bits per heavy atom. The molecule has 0 spiro atoms. The van der Waals surface area contributed by atoms with Crippen molar-refractivity contribution in [1.29, 1.82) is 0 Å². The average molecular weight is 155 g/mol. The smallest absolute Gasteiger partial charge is 0.167 e. The summed E-state index contributed by atoms with van der Waals surface area (Å²) in [6, 6.07) is 0. The summed E-state index contributed by atoms with van der Waals surface area (Å²) in [6.45, 7) is 3.23. The zero-order valence-electron chi connectivity index (χ0n) is 4.82. The lowest BCUT2D eigenvalue weighted by Crippen LogP contribution is -2.18. The maximum absolute atomic E-state index is 10.6. The van der Waals surface area contributed by atoms with Crippen LogP contribution in [0.15, 0.2) is 0 Å². The van der Waals surface area contributed by atoms with Gasteiger partial charge in [-0.3, -0.25) is 4.79 Å². The summed E-state index contributed by atoms with van der Waals surface area (Å²) in [6.07, 6.45) is 0. The van der Waals surface area contributed by atoms with Crippen LogP contribution in [0.5, 0.6) is 0 Å². The van der Waals surface area contributed by atoms with Crippen molar-refractivity contribution in [2.45, 2.75) is 24.6 Å². The second-order valence-corrected chi connectivity index (χ2v) is 2.94. The Balaban J connectivity index is 3.65. The molecule has 0 aliphatic carbocycles. The normalized spacial score (nSPS) is 17.5. The molecule has 0 aromatic carbocycles. The summed E-state index contributed by atoms with van der Waals surface area (Å²) >= 11 is 10.8. The topological polar surface area (TPSA) is 17.1 Å². The first-order valence-corrected chi connectivity index (χ1v) is 3.25. The fraction of sp³-hybridized carbons (Fsp3) is 0.800. The first kappa shape index (κ1) is 8.25. The van der Waals surface area contributed by atoms with Crippen LogP contribution in [0.4, 0.5) is 0 Å². The van der Waals surface area contributed by atoms with Crippen molar-refractivity contribution < 1.29 is 4.79 Å². The highest BCUT2D eigenvalue weighted by atomic mass is 35.5. The Kier molecular flexibility index (Phi) is 3.41. The molecule has 0 N–H and O–H groups in total. The number of hydrogen-bond acceptors (Lipinski definition) is 1. The van der Waals surface area contributed by atoms with E-state index in [1.54, 1.807) is 13.8 Å². The van der Waals surface area contributed by atoms with Gasteiger partial charge >= 0.3 is 0 Å². The van der Waals surface area contributed by atoms with Crippen molar-refractivity contribution in [3.05, 3.63) is 0 Å². The fourth-order valence-electron chi connectivity index (χ4n) is 0.316. The molecule has 0 radical (unpaired) electrons. The van der Waals surface area contributed by atoms with Crippen molar-refractivity contribution in [3.8, 4) is 0 Å². The number of carbonyl (C=O) groups excluding carboxylic acids is 1. The van der Waals surface area contributed by atoms with Gasteiger partial charge in [0.15, 0.2) is 5.78 Å². The lowest BCUT2D eigenvalue weighted by Gasteiger charge is -2.01. The largest absolute Gasteiger partial charge is 0.296 e. The van der Waals surface area contributed by atoms with Crippen LogP contribution in [0.3, 0.4) is 0 Å². The summed E-state index contributed by atoms with van der Waals surface area (Å²) in [7, 11) is 0. The molecule has 0 aromatic heterocycles. The molecule has 1 nitrogen and oxygen atoms in total. The van der Waals surface area contributed by atoms with Crippen LogP contribution in [-0.4, -0.2) is 16.5 Å². The Morgan fingerprint density at radius 3 is 1.50 bits per heavy atom. The van der Waals surface area contributed by atoms with E-state index in [4.69, 9.17) is 23.2 Å². The molecule has 0 rings (SSSR count). The lowest BCUT2D eigenvalue weighted by molar-refractivity contribution is -0.117. The summed E-state index contributed by atoms with van der Waals surface area (Å²) < 4.78 is 0. The summed E-state index contributed by atoms with van der Waals surface area (Å²) in [5.41, 5.74) is 0. The number of ketones is 1. The minimum Gasteiger partial charge on any atom is -0.296 e. The molecule has 0 fully saturated rings. The van der Waals surface area contributed by atoms with E-state index in [2.05, 4.69) is 0 Å². The highest BCUT2D eigenvalue weighted by molar-refractivity contribution is 6.39. The third-order valence-corrected chi connectivity index (χ3v) is 1.21. The molecule has 0 heterocycles. The molecule has 0 aliphatic heterocycles. The van der Waals surface area contributed by atoms with Gasteiger partial charge in [0, 0.05) is 0 Å². The van der Waals surface area contributed by atoms with Crippen molar-refractivity contribution >= 4 is 29.0 Å². The van der Waals surface area contributed by atoms with E-state index in [9.17, 15) is 4.79 Å². The molecule has 0 aromatic rings. The van der Waals surface area contributed by atoms with E-state index in [1.807, 2.05) is 0 Å². The van der Waals surface area contributed by atoms with Crippen molar-refractivity contribution in [2.75, 3.05) is 0 Å². The zero-order valence-corrected chi connectivity index (χ0v) is 6.33. The van der Waals surface area contributed by atoms with Crippen LogP contribution >= 0.6 is 23.2 Å². The van der Waals surface area contributed by atoms with E-state index >= 15 is 0 Å². The van der Waals surface area contributed by atoms with Gasteiger partial charge in [-0.15, -0.1) is 23.2 Å². The number of carbonyl (C=O) groups is 1. The molecular weight excluding hydrogens is 147 g/mol. The number of alkyl halides is 2. The Hall–Kier alpha value is 0.250. The third kappa shape index (κ3) is 2.53. The molecule has 0 saturated heterocycles. The van der Waals surface area contributed by atoms with Gasteiger partial charge in [-0.1, -0.05) is 0 Å². The zero-order chi connectivity index (χ0) is 6.73. The minimum absolute atomic E-state index is 0.117. The molecule has 0 aliphatic rings. The van der Waals surface area contributed by atoms with Gasteiger partial charge in [-0.05, 0) is 13.8 Å². The highest BCUT2D eigenvalue weighted by Gasteiger charge is 2.14. The Bertz CT molecular complexity index is 78.4. The Labute approximate surface area is 59.0 Å². The van der Waals surface area contributed by atoms with Crippen LogP contribution in [0.2, 0.25) is 0 Å². The molecule has 0 amide bonds. The summed E-state index contributed by atoms with van der Waals surface area (Å²) in [4.78, 5) is 10.6. The predicted octanol–water partition coefficient (Wildman–Crippen LogP) is 1.81. The standard InChI is InChI=1S/C5H8Cl2O/c1-3(6)5(8)4(2)7/h3-4H,1-2H3/t3-,4-/m0/s1. The quantitative estimate of drug-likeness (QED) is 0.555. The van der Waals surface area contributed by atoms with Crippen LogP contribution in [-0.2, 0) is 4.79 Å². The van der Waals surface area contributed by atoms with E-state index in [0.717, 1.165) is 0 Å². The maximum Gasteiger partial charge on any atom is 0.167 e. The molecule has 8 heavy (non-hydrogen) atoms. The van der Waals surface area contributed by atoms with Crippen molar-refractivity contribution in [1.82, 2.24) is 0 Å². The van der Waals surface area contributed by atoms with Crippen LogP contribution < -0.4 is 0 Å². The molecule has 48 valence electrons.